The van der Waals surface area contributed by atoms with Crippen molar-refractivity contribution >= 4 is 71.2 Å². The smallest absolute Gasteiger partial charge is 0.188 e. The Morgan fingerprint density at radius 2 is 1.20 bits per heavy atom. The zero-order valence-electron chi connectivity index (χ0n) is 34.0. The molecule has 0 aliphatic heterocycles. The number of aromatic nitrogens is 2. The molecule has 3 aromatic heterocycles. The molecule has 0 saturated carbocycles. The van der Waals surface area contributed by atoms with E-state index in [9.17, 15) is 5.26 Å². The van der Waals surface area contributed by atoms with Gasteiger partial charge < -0.3 is 13.6 Å². The lowest BCUT2D eigenvalue weighted by atomic mass is 9.99. The Labute approximate surface area is 322 Å². The van der Waals surface area contributed by atoms with Crippen LogP contribution in [0.15, 0.2) is 174 Å². The normalized spacial score (nSPS) is 12.9. The van der Waals surface area contributed by atoms with Crippen molar-refractivity contribution in [2.45, 2.75) is 0 Å². The van der Waals surface area contributed by atoms with Crippen LogP contribution in [0.5, 0.6) is 0 Å². The van der Waals surface area contributed by atoms with Crippen LogP contribution in [0.25, 0.3) is 104 Å². The molecule has 5 heteroatoms. The predicted octanol–water partition coefficient (Wildman–Crippen LogP) is 13.5. The molecular formula is C50H28N4O. The van der Waals surface area contributed by atoms with Gasteiger partial charge in [-0.15, -0.1) is 0 Å². The molecule has 0 aliphatic carbocycles. The Hall–Kier alpha value is -7.86. The van der Waals surface area contributed by atoms with E-state index in [0.29, 0.717) is 33.4 Å². The van der Waals surface area contributed by atoms with E-state index in [1.54, 1.807) is 12.1 Å². The molecule has 0 N–H and O–H groups in total. The highest BCUT2D eigenvalue weighted by Crippen LogP contribution is 2.41. The molecule has 11 aromatic rings. The molecule has 0 radical (unpaired) electrons. The van der Waals surface area contributed by atoms with Gasteiger partial charge >= 0.3 is 0 Å². The summed E-state index contributed by atoms with van der Waals surface area (Å²) in [5, 5.41) is 15.3. The van der Waals surface area contributed by atoms with Gasteiger partial charge in [0, 0.05) is 38.3 Å². The third-order valence-electron chi connectivity index (χ3n) is 10.6. The zero-order chi connectivity index (χ0) is 41.0. The summed E-state index contributed by atoms with van der Waals surface area (Å²) >= 11 is 0. The second-order valence-corrected chi connectivity index (χ2v) is 13.6. The van der Waals surface area contributed by atoms with Crippen LogP contribution in [0.1, 0.15) is 12.4 Å². The van der Waals surface area contributed by atoms with Crippen molar-refractivity contribution < 1.29 is 11.3 Å². The lowest BCUT2D eigenvalue weighted by molar-refractivity contribution is 0.669. The van der Waals surface area contributed by atoms with Gasteiger partial charge in [-0.05, 0) is 119 Å². The van der Waals surface area contributed by atoms with Crippen LogP contribution in [0.2, 0.25) is 0 Å². The number of para-hydroxylation sites is 1. The largest absolute Gasteiger partial charge is 0.456 e. The third-order valence-corrected chi connectivity index (χ3v) is 10.6. The quantitative estimate of drug-likeness (QED) is 0.171. The van der Waals surface area contributed by atoms with E-state index >= 15 is 0 Å². The van der Waals surface area contributed by atoms with Gasteiger partial charge in [0.15, 0.2) is 5.69 Å². The van der Waals surface area contributed by atoms with E-state index in [4.69, 9.17) is 17.8 Å². The number of rotatable bonds is 4. The van der Waals surface area contributed by atoms with E-state index in [2.05, 4.69) is 68.6 Å². The van der Waals surface area contributed by atoms with Gasteiger partial charge in [0.05, 0.1) is 47.1 Å². The minimum atomic E-state index is -0.444. The van der Waals surface area contributed by atoms with Crippen LogP contribution in [-0.2, 0) is 0 Å². The fraction of sp³-hybridized carbons (Fsp3) is 0. The summed E-state index contributed by atoms with van der Waals surface area (Å²) in [6.07, 6.45) is 0. The summed E-state index contributed by atoms with van der Waals surface area (Å²) in [7, 11) is 0. The maximum Gasteiger partial charge on any atom is 0.188 e. The SMILES string of the molecule is [2H]c1c([2H])c([2H])c(-c2cccc3oc4ccc(-n5c6ccc(C#N)cc6c6cc(-c7ccc8c(c7)c7cc([N+]#[C-])ccc7n8-c7ccccc7)ccc65)cc4c23)c([2H])c1[2H]. The van der Waals surface area contributed by atoms with Gasteiger partial charge in [0.2, 0.25) is 0 Å². The minimum absolute atomic E-state index is 0.114. The van der Waals surface area contributed by atoms with E-state index in [1.165, 1.54) is 0 Å². The Bertz CT molecular complexity index is 3730. The first-order valence-electron chi connectivity index (χ1n) is 20.3. The topological polar surface area (TPSA) is 51.1 Å². The van der Waals surface area contributed by atoms with E-state index < -0.39 is 18.1 Å². The number of hydrogen-bond donors (Lipinski definition) is 0. The lowest BCUT2D eigenvalue weighted by Gasteiger charge is -2.10. The lowest BCUT2D eigenvalue weighted by Crippen LogP contribution is -1.94. The van der Waals surface area contributed by atoms with Crippen LogP contribution < -0.4 is 0 Å². The Balaban J connectivity index is 1.12. The summed E-state index contributed by atoms with van der Waals surface area (Å²) in [5.41, 5.74) is 10.6. The molecule has 0 fully saturated rings. The van der Waals surface area contributed by atoms with Crippen molar-refractivity contribution in [1.29, 1.82) is 5.26 Å². The van der Waals surface area contributed by atoms with E-state index in [1.807, 2.05) is 78.9 Å². The number of nitriles is 1. The number of benzene rings is 8. The highest BCUT2D eigenvalue weighted by molar-refractivity contribution is 6.15. The van der Waals surface area contributed by atoms with Gasteiger partial charge in [0.1, 0.15) is 11.2 Å². The van der Waals surface area contributed by atoms with E-state index in [-0.39, 0.29) is 17.6 Å². The molecule has 0 aliphatic rings. The average molecular weight is 706 g/mol. The number of furan rings is 1. The Morgan fingerprint density at radius 1 is 0.545 bits per heavy atom. The summed E-state index contributed by atoms with van der Waals surface area (Å²) in [5.74, 6) is 0. The zero-order valence-corrected chi connectivity index (χ0v) is 29.0. The molecule has 11 rings (SSSR count). The second kappa shape index (κ2) is 11.8. The number of nitrogens with zero attached hydrogens (tertiary/aromatic N) is 4. The van der Waals surface area contributed by atoms with Gasteiger partial charge in [-0.25, -0.2) is 4.85 Å². The maximum atomic E-state index is 9.99. The van der Waals surface area contributed by atoms with Crippen molar-refractivity contribution in [2.24, 2.45) is 0 Å². The molecule has 0 unspecified atom stereocenters. The van der Waals surface area contributed by atoms with Gasteiger partial charge in [-0.1, -0.05) is 78.7 Å². The van der Waals surface area contributed by atoms with Crippen LogP contribution in [-0.4, -0.2) is 9.13 Å². The minimum Gasteiger partial charge on any atom is -0.456 e. The van der Waals surface area contributed by atoms with Crippen molar-refractivity contribution in [2.75, 3.05) is 0 Å². The van der Waals surface area contributed by atoms with Crippen molar-refractivity contribution in [1.82, 2.24) is 9.13 Å². The Kier molecular flexibility index (Phi) is 5.59. The summed E-state index contributed by atoms with van der Waals surface area (Å²) in [6, 6.07) is 46.3. The molecule has 254 valence electrons. The first-order chi connectivity index (χ1) is 29.2. The molecule has 55 heavy (non-hydrogen) atoms. The molecule has 0 atom stereocenters. The maximum absolute atomic E-state index is 9.99. The van der Waals surface area contributed by atoms with Gasteiger partial charge in [-0.3, -0.25) is 0 Å². The summed E-state index contributed by atoms with van der Waals surface area (Å²) in [4.78, 5) is 3.73. The molecule has 0 amide bonds. The van der Waals surface area contributed by atoms with Crippen LogP contribution >= 0.6 is 0 Å². The van der Waals surface area contributed by atoms with Crippen LogP contribution in [0.3, 0.4) is 0 Å². The first-order valence-corrected chi connectivity index (χ1v) is 17.8. The Morgan fingerprint density at radius 3 is 1.91 bits per heavy atom. The van der Waals surface area contributed by atoms with Crippen LogP contribution in [0.4, 0.5) is 5.69 Å². The first kappa shape index (κ1) is 26.0. The van der Waals surface area contributed by atoms with Crippen molar-refractivity contribution in [3.8, 4) is 39.7 Å². The van der Waals surface area contributed by atoms with Gasteiger partial charge in [-0.2, -0.15) is 5.26 Å². The molecule has 8 aromatic carbocycles. The predicted molar refractivity (Wildman–Crippen MR) is 224 cm³/mol. The number of hydrogen-bond acceptors (Lipinski definition) is 2. The standard InChI is InChI=1S/C50H28N4O/c1-52-35-18-23-47-42(28-35)41-27-34(16-21-45(41)53(47)36-11-6-3-7-12-36)33-17-22-46-40(26-33)39-25-31(30-51)15-20-44(39)54(46)37-19-24-48-43(29-37)50-38(13-8-14-49(50)55-48)32-9-4-2-5-10-32/h2-29H/i2D,4D,5D,9D,10D. The molecule has 3 heterocycles. The molecule has 0 bridgehead atoms. The highest BCUT2D eigenvalue weighted by atomic mass is 16.3. The number of fused-ring (bicyclic) bond motifs is 9. The molecule has 5 nitrogen and oxygen atoms in total. The monoisotopic (exact) mass is 705 g/mol. The van der Waals surface area contributed by atoms with Gasteiger partial charge in [0.25, 0.3) is 0 Å². The second-order valence-electron chi connectivity index (χ2n) is 13.6. The van der Waals surface area contributed by atoms with Crippen LogP contribution in [0, 0.1) is 17.9 Å². The molecule has 0 spiro atoms. The molecular weight excluding hydrogens is 673 g/mol. The van der Waals surface area contributed by atoms with Crippen molar-refractivity contribution in [3.63, 3.8) is 0 Å². The van der Waals surface area contributed by atoms with E-state index in [0.717, 1.165) is 71.5 Å². The average Bonchev–Trinajstić information content (AvgIpc) is 3.94. The fourth-order valence-corrected chi connectivity index (χ4v) is 8.21. The highest BCUT2D eigenvalue weighted by Gasteiger charge is 2.19. The summed E-state index contributed by atoms with van der Waals surface area (Å²) in [6.45, 7) is 7.72. The molecule has 0 saturated heterocycles. The summed E-state index contributed by atoms with van der Waals surface area (Å²) < 4.78 is 53.0. The fourth-order valence-electron chi connectivity index (χ4n) is 8.21. The van der Waals surface area contributed by atoms with Crippen molar-refractivity contribution in [3.05, 3.63) is 187 Å². The third kappa shape index (κ3) is 4.64.